The minimum absolute atomic E-state index is 0.367. The molecule has 3 fully saturated rings. The average Bonchev–Trinajstić information content (AvgIpc) is 2.90. The Hall–Kier alpha value is -0.630. The van der Waals surface area contributed by atoms with Crippen LogP contribution in [0.3, 0.4) is 0 Å². The lowest BCUT2D eigenvalue weighted by Crippen LogP contribution is -2.46. The lowest BCUT2D eigenvalue weighted by atomic mass is 9.51. The van der Waals surface area contributed by atoms with Gasteiger partial charge in [0.05, 0.1) is 0 Å². The second-order valence-electron chi connectivity index (χ2n) is 8.07. The zero-order valence-corrected chi connectivity index (χ0v) is 13.0. The van der Waals surface area contributed by atoms with Crippen LogP contribution in [0.1, 0.15) is 64.2 Å². The molecule has 116 valence electrons. The molecule has 0 spiro atoms. The molecule has 2 heteroatoms. The Morgan fingerprint density at radius 1 is 1.10 bits per heavy atom. The van der Waals surface area contributed by atoms with Crippen molar-refractivity contribution in [3.63, 3.8) is 0 Å². The van der Waals surface area contributed by atoms with E-state index < -0.39 is 0 Å². The molecule has 4 aliphatic carbocycles. The number of carbonyl (C=O) groups excluding carboxylic acids is 1. The van der Waals surface area contributed by atoms with Crippen LogP contribution in [0.2, 0.25) is 0 Å². The lowest BCUT2D eigenvalue weighted by molar-refractivity contribution is -0.116. The third kappa shape index (κ3) is 2.13. The van der Waals surface area contributed by atoms with E-state index in [-0.39, 0.29) is 0 Å². The quantitative estimate of drug-likeness (QED) is 0.837. The Balaban J connectivity index is 1.60. The summed E-state index contributed by atoms with van der Waals surface area (Å²) in [4.78, 5) is 11.7. The average molecular weight is 288 g/mol. The summed E-state index contributed by atoms with van der Waals surface area (Å²) in [6.45, 7) is 0.372. The fourth-order valence-electron chi connectivity index (χ4n) is 6.63. The molecular formula is C19H28O2. The smallest absolute Gasteiger partial charge is 0.155 e. The molecule has 3 saturated carbocycles. The normalized spacial score (nSPS) is 45.6. The maximum Gasteiger partial charge on any atom is 0.155 e. The van der Waals surface area contributed by atoms with Crippen molar-refractivity contribution < 1.29 is 9.90 Å². The highest BCUT2D eigenvalue weighted by Crippen LogP contribution is 2.62. The van der Waals surface area contributed by atoms with E-state index in [0.717, 1.165) is 37.0 Å². The molecule has 0 amide bonds. The van der Waals surface area contributed by atoms with Gasteiger partial charge in [0.1, 0.15) is 0 Å². The van der Waals surface area contributed by atoms with Gasteiger partial charge in [-0.25, -0.2) is 0 Å². The van der Waals surface area contributed by atoms with Gasteiger partial charge in [0.25, 0.3) is 0 Å². The van der Waals surface area contributed by atoms with Crippen molar-refractivity contribution in [3.05, 3.63) is 11.6 Å². The predicted molar refractivity (Wildman–Crippen MR) is 82.7 cm³/mol. The van der Waals surface area contributed by atoms with E-state index in [1.165, 1.54) is 50.5 Å². The summed E-state index contributed by atoms with van der Waals surface area (Å²) in [7, 11) is 0. The molecule has 1 N–H and O–H groups in total. The number of hydrogen-bond donors (Lipinski definition) is 1. The van der Waals surface area contributed by atoms with Crippen molar-refractivity contribution >= 4 is 5.78 Å². The number of hydrogen-bond acceptors (Lipinski definition) is 2. The van der Waals surface area contributed by atoms with Crippen LogP contribution < -0.4 is 0 Å². The predicted octanol–water partition coefficient (Wildman–Crippen LogP) is 3.88. The minimum Gasteiger partial charge on any atom is -0.396 e. The summed E-state index contributed by atoms with van der Waals surface area (Å²) < 4.78 is 0. The van der Waals surface area contributed by atoms with Gasteiger partial charge in [-0.3, -0.25) is 4.79 Å². The Morgan fingerprint density at radius 3 is 2.86 bits per heavy atom. The third-order valence-electron chi connectivity index (χ3n) is 7.44. The van der Waals surface area contributed by atoms with E-state index in [2.05, 4.69) is 0 Å². The van der Waals surface area contributed by atoms with Crippen molar-refractivity contribution in [1.82, 2.24) is 0 Å². The minimum atomic E-state index is 0.367. The van der Waals surface area contributed by atoms with Gasteiger partial charge in [-0.2, -0.15) is 0 Å². The number of carbonyl (C=O) groups is 1. The Labute approximate surface area is 128 Å². The van der Waals surface area contributed by atoms with E-state index in [1.54, 1.807) is 0 Å². The first kappa shape index (κ1) is 14.0. The van der Waals surface area contributed by atoms with Crippen LogP contribution in [0.25, 0.3) is 0 Å². The van der Waals surface area contributed by atoms with Gasteiger partial charge in [-0.15, -0.1) is 0 Å². The van der Waals surface area contributed by atoms with Crippen LogP contribution in [0.5, 0.6) is 0 Å². The second kappa shape index (κ2) is 5.22. The number of ketones is 1. The molecule has 0 radical (unpaired) electrons. The van der Waals surface area contributed by atoms with Crippen molar-refractivity contribution in [2.75, 3.05) is 6.61 Å². The summed E-state index contributed by atoms with van der Waals surface area (Å²) in [6.07, 6.45) is 14.2. The van der Waals surface area contributed by atoms with E-state index >= 15 is 0 Å². The largest absolute Gasteiger partial charge is 0.396 e. The summed E-state index contributed by atoms with van der Waals surface area (Å²) in [5.41, 5.74) is 1.96. The molecule has 0 aromatic rings. The summed E-state index contributed by atoms with van der Waals surface area (Å²) >= 11 is 0. The molecule has 2 nitrogen and oxygen atoms in total. The second-order valence-corrected chi connectivity index (χ2v) is 8.07. The van der Waals surface area contributed by atoms with E-state index in [4.69, 9.17) is 0 Å². The number of aliphatic hydroxyl groups is 1. The number of allylic oxidation sites excluding steroid dienone is 1. The maximum absolute atomic E-state index is 11.7. The van der Waals surface area contributed by atoms with Crippen LogP contribution in [-0.2, 0) is 4.79 Å². The summed E-state index contributed by atoms with van der Waals surface area (Å²) in [6, 6.07) is 0. The van der Waals surface area contributed by atoms with E-state index in [1.807, 2.05) is 6.08 Å². The van der Waals surface area contributed by atoms with Crippen LogP contribution in [-0.4, -0.2) is 17.5 Å². The fraction of sp³-hybridized carbons (Fsp3) is 0.842. The monoisotopic (exact) mass is 288 g/mol. The Morgan fingerprint density at radius 2 is 2.00 bits per heavy atom. The van der Waals surface area contributed by atoms with Crippen LogP contribution in [0.4, 0.5) is 0 Å². The first-order valence-corrected chi connectivity index (χ1v) is 9.08. The molecule has 0 aromatic carbocycles. The van der Waals surface area contributed by atoms with E-state index in [9.17, 15) is 9.90 Å². The zero-order valence-electron chi connectivity index (χ0n) is 13.0. The molecule has 4 rings (SSSR count). The van der Waals surface area contributed by atoms with Crippen LogP contribution in [0.15, 0.2) is 11.6 Å². The van der Waals surface area contributed by atoms with Crippen LogP contribution in [0, 0.1) is 29.1 Å². The first-order chi connectivity index (χ1) is 10.2. The highest BCUT2D eigenvalue weighted by Gasteiger charge is 2.53. The van der Waals surface area contributed by atoms with Crippen molar-refractivity contribution in [1.29, 1.82) is 0 Å². The summed E-state index contributed by atoms with van der Waals surface area (Å²) in [5, 5.41) is 9.53. The van der Waals surface area contributed by atoms with Gasteiger partial charge in [0.15, 0.2) is 5.78 Å². The number of fused-ring (bicyclic) bond motifs is 5. The van der Waals surface area contributed by atoms with Crippen LogP contribution >= 0.6 is 0 Å². The van der Waals surface area contributed by atoms with Gasteiger partial charge < -0.3 is 5.11 Å². The zero-order chi connectivity index (χ0) is 14.4. The molecule has 0 heterocycles. The molecule has 0 saturated heterocycles. The van der Waals surface area contributed by atoms with Crippen molar-refractivity contribution in [2.45, 2.75) is 64.2 Å². The highest BCUT2D eigenvalue weighted by atomic mass is 16.3. The molecule has 0 aromatic heterocycles. The van der Waals surface area contributed by atoms with Crippen molar-refractivity contribution in [3.8, 4) is 0 Å². The standard InChI is InChI=1S/C19H28O2/c20-11-10-19-8-1-2-18(19)17-5-3-13-12-14(21)4-6-15(13)16(17)7-9-19/h12,15-18,20H,1-11H2/t15-,16+,17+,18-,19-/m0/s1. The Kier molecular flexibility index (Phi) is 3.48. The number of aliphatic hydroxyl groups excluding tert-OH is 1. The Bertz CT molecular complexity index is 466. The molecule has 0 unspecified atom stereocenters. The van der Waals surface area contributed by atoms with Gasteiger partial charge >= 0.3 is 0 Å². The SMILES string of the molecule is O=C1C=C2CC[C@@H]3[C@H](CC[C@]4(CCO)CCC[C@@H]34)[C@H]2CC1. The topological polar surface area (TPSA) is 37.3 Å². The van der Waals surface area contributed by atoms with Gasteiger partial charge in [0, 0.05) is 13.0 Å². The molecule has 0 aliphatic heterocycles. The van der Waals surface area contributed by atoms with Gasteiger partial charge in [-0.05, 0) is 86.5 Å². The molecule has 4 aliphatic rings. The molecular weight excluding hydrogens is 260 g/mol. The summed E-state index contributed by atoms with van der Waals surface area (Å²) in [5.74, 6) is 3.67. The van der Waals surface area contributed by atoms with Gasteiger partial charge in [0.2, 0.25) is 0 Å². The van der Waals surface area contributed by atoms with E-state index in [0.29, 0.717) is 23.7 Å². The molecule has 21 heavy (non-hydrogen) atoms. The molecule has 5 atom stereocenters. The van der Waals surface area contributed by atoms with Gasteiger partial charge in [-0.1, -0.05) is 12.0 Å². The third-order valence-corrected chi connectivity index (χ3v) is 7.44. The fourth-order valence-corrected chi connectivity index (χ4v) is 6.63. The first-order valence-electron chi connectivity index (χ1n) is 9.08. The molecule has 0 bridgehead atoms. The highest BCUT2D eigenvalue weighted by molar-refractivity contribution is 5.91. The maximum atomic E-state index is 11.7. The van der Waals surface area contributed by atoms with Crippen molar-refractivity contribution in [2.24, 2.45) is 29.1 Å². The number of rotatable bonds is 2. The lowest BCUT2D eigenvalue weighted by Gasteiger charge is -2.53.